The Morgan fingerprint density at radius 2 is 2.07 bits per heavy atom. The minimum absolute atomic E-state index is 0.429. The predicted octanol–water partition coefficient (Wildman–Crippen LogP) is 3.03. The van der Waals surface area contributed by atoms with Gasteiger partial charge in [-0.3, -0.25) is 0 Å². The van der Waals surface area contributed by atoms with Crippen molar-refractivity contribution in [2.75, 3.05) is 7.11 Å². The van der Waals surface area contributed by atoms with E-state index in [0.29, 0.717) is 12.2 Å². The average molecular weight is 257 g/mol. The Kier molecular flexibility index (Phi) is 4.17. The molecule has 2 nitrogen and oxygen atoms in total. The maximum Gasteiger partial charge on any atom is 0.0913 e. The molecule has 0 aliphatic carbocycles. The van der Waals surface area contributed by atoms with Crippen LogP contribution in [0.15, 0.2) is 41.1 Å². The van der Waals surface area contributed by atoms with Crippen LogP contribution in [0.2, 0.25) is 0 Å². The summed E-state index contributed by atoms with van der Waals surface area (Å²) in [6.07, 6.45) is -0.117. The van der Waals surface area contributed by atoms with Crippen molar-refractivity contribution in [3.63, 3.8) is 0 Å². The molecule has 0 saturated carbocycles. The molecule has 0 fully saturated rings. The summed E-state index contributed by atoms with van der Waals surface area (Å²) in [4.78, 5) is 0. The quantitative estimate of drug-likeness (QED) is 0.840. The van der Waals surface area contributed by atoms with Gasteiger partial charge in [-0.1, -0.05) is 34.6 Å². The number of halogens is 1. The third-order valence-corrected chi connectivity index (χ3v) is 2.49. The molecule has 0 aliphatic heterocycles. The minimum atomic E-state index is -0.546. The molecule has 0 aliphatic rings. The zero-order valence-corrected chi connectivity index (χ0v) is 9.62. The largest absolute Gasteiger partial charge is 0.502 e. The lowest BCUT2D eigenvalue weighted by Gasteiger charge is -2.11. The second-order valence-electron chi connectivity index (χ2n) is 3.01. The molecule has 1 atom stereocenters. The van der Waals surface area contributed by atoms with E-state index < -0.39 is 6.10 Å². The summed E-state index contributed by atoms with van der Waals surface area (Å²) in [5.74, 6) is 0.584. The van der Waals surface area contributed by atoms with E-state index in [4.69, 9.17) is 4.74 Å². The van der Waals surface area contributed by atoms with Crippen LogP contribution in [-0.4, -0.2) is 12.2 Å². The number of methoxy groups -OCH3 is 1. The van der Waals surface area contributed by atoms with Crippen LogP contribution in [0, 0.1) is 0 Å². The van der Waals surface area contributed by atoms with E-state index in [1.165, 1.54) is 0 Å². The normalized spacial score (nSPS) is 12.2. The van der Waals surface area contributed by atoms with Crippen molar-refractivity contribution in [2.24, 2.45) is 0 Å². The highest BCUT2D eigenvalue weighted by Crippen LogP contribution is 2.22. The summed E-state index contributed by atoms with van der Waals surface area (Å²) in [6.45, 7) is 3.66. The van der Waals surface area contributed by atoms with Crippen molar-refractivity contribution in [3.05, 3.63) is 46.6 Å². The van der Waals surface area contributed by atoms with Gasteiger partial charge in [0.25, 0.3) is 0 Å². The van der Waals surface area contributed by atoms with Crippen LogP contribution in [0.1, 0.15) is 18.1 Å². The number of rotatable bonds is 4. The predicted molar refractivity (Wildman–Crippen MR) is 59.9 cm³/mol. The van der Waals surface area contributed by atoms with Crippen LogP contribution in [0.25, 0.3) is 0 Å². The van der Waals surface area contributed by atoms with Crippen LogP contribution in [0.5, 0.6) is 0 Å². The summed E-state index contributed by atoms with van der Waals surface area (Å²) >= 11 is 3.34. The standard InChI is InChI=1S/C11H13BrO2/c1-8(14-2)7-11(13)9-3-5-10(12)6-4-9/h3-6,11,13H,1,7H2,2H3/t11-/m0/s1. The van der Waals surface area contributed by atoms with Gasteiger partial charge in [0.15, 0.2) is 0 Å². The van der Waals surface area contributed by atoms with E-state index in [1.54, 1.807) is 7.11 Å². The van der Waals surface area contributed by atoms with Crippen molar-refractivity contribution in [1.82, 2.24) is 0 Å². The van der Waals surface area contributed by atoms with Gasteiger partial charge >= 0.3 is 0 Å². The number of benzene rings is 1. The molecule has 0 aromatic heterocycles. The molecular weight excluding hydrogens is 244 g/mol. The molecule has 14 heavy (non-hydrogen) atoms. The number of aliphatic hydroxyl groups is 1. The summed E-state index contributed by atoms with van der Waals surface area (Å²) in [6, 6.07) is 7.54. The highest BCUT2D eigenvalue weighted by atomic mass is 79.9. The van der Waals surface area contributed by atoms with Gasteiger partial charge in [-0.15, -0.1) is 0 Å². The van der Waals surface area contributed by atoms with Crippen molar-refractivity contribution < 1.29 is 9.84 Å². The van der Waals surface area contributed by atoms with Crippen LogP contribution in [0.3, 0.4) is 0 Å². The lowest BCUT2D eigenvalue weighted by atomic mass is 10.1. The monoisotopic (exact) mass is 256 g/mol. The first kappa shape index (κ1) is 11.3. The maximum atomic E-state index is 9.76. The summed E-state index contributed by atoms with van der Waals surface area (Å²) in [5, 5.41) is 9.76. The SMILES string of the molecule is C=C(C[C@H](O)c1ccc(Br)cc1)OC. The zero-order chi connectivity index (χ0) is 10.6. The molecule has 1 N–H and O–H groups in total. The van der Waals surface area contributed by atoms with Gasteiger partial charge in [-0.25, -0.2) is 0 Å². The molecule has 0 saturated heterocycles. The van der Waals surface area contributed by atoms with Crippen LogP contribution in [0.4, 0.5) is 0 Å². The Balaban J connectivity index is 2.65. The van der Waals surface area contributed by atoms with Gasteiger partial charge in [0.1, 0.15) is 0 Å². The van der Waals surface area contributed by atoms with E-state index >= 15 is 0 Å². The first-order valence-electron chi connectivity index (χ1n) is 4.28. The highest BCUT2D eigenvalue weighted by molar-refractivity contribution is 9.10. The van der Waals surface area contributed by atoms with E-state index in [1.807, 2.05) is 24.3 Å². The molecule has 0 bridgehead atoms. The Hall–Kier alpha value is -0.800. The molecule has 0 unspecified atom stereocenters. The Morgan fingerprint density at radius 1 is 1.50 bits per heavy atom. The second-order valence-corrected chi connectivity index (χ2v) is 3.93. The molecule has 1 aromatic rings. The van der Waals surface area contributed by atoms with E-state index in [-0.39, 0.29) is 0 Å². The first-order chi connectivity index (χ1) is 6.63. The van der Waals surface area contributed by atoms with Crippen LogP contribution < -0.4 is 0 Å². The minimum Gasteiger partial charge on any atom is -0.502 e. The molecule has 3 heteroatoms. The zero-order valence-electron chi connectivity index (χ0n) is 8.03. The molecule has 1 rings (SSSR count). The first-order valence-corrected chi connectivity index (χ1v) is 5.08. The number of hydrogen-bond donors (Lipinski definition) is 1. The smallest absolute Gasteiger partial charge is 0.0913 e. The van der Waals surface area contributed by atoms with E-state index in [9.17, 15) is 5.11 Å². The van der Waals surface area contributed by atoms with Crippen molar-refractivity contribution in [1.29, 1.82) is 0 Å². The summed E-state index contributed by atoms with van der Waals surface area (Å²) < 4.78 is 5.90. The van der Waals surface area contributed by atoms with Crippen LogP contribution >= 0.6 is 15.9 Å². The molecule has 0 amide bonds. The van der Waals surface area contributed by atoms with Crippen molar-refractivity contribution in [3.8, 4) is 0 Å². The number of hydrogen-bond acceptors (Lipinski definition) is 2. The maximum absolute atomic E-state index is 9.76. The fourth-order valence-electron chi connectivity index (χ4n) is 1.10. The third kappa shape index (κ3) is 3.16. The molecule has 0 spiro atoms. The summed E-state index contributed by atoms with van der Waals surface area (Å²) in [7, 11) is 1.55. The fourth-order valence-corrected chi connectivity index (χ4v) is 1.37. The molecule has 76 valence electrons. The van der Waals surface area contributed by atoms with Gasteiger partial charge < -0.3 is 9.84 Å². The van der Waals surface area contributed by atoms with Gasteiger partial charge in [0, 0.05) is 10.9 Å². The Labute approximate surface area is 92.3 Å². The average Bonchev–Trinajstić information content (AvgIpc) is 2.18. The van der Waals surface area contributed by atoms with Crippen LogP contribution in [-0.2, 0) is 4.74 Å². The van der Waals surface area contributed by atoms with Gasteiger partial charge in [-0.2, -0.15) is 0 Å². The molecule has 0 radical (unpaired) electrons. The van der Waals surface area contributed by atoms with Gasteiger partial charge in [0.05, 0.1) is 19.0 Å². The fraction of sp³-hybridized carbons (Fsp3) is 0.273. The lowest BCUT2D eigenvalue weighted by molar-refractivity contribution is 0.150. The van der Waals surface area contributed by atoms with Gasteiger partial charge in [-0.05, 0) is 17.7 Å². The van der Waals surface area contributed by atoms with Gasteiger partial charge in [0.2, 0.25) is 0 Å². The Bertz CT molecular complexity index is 306. The summed E-state index contributed by atoms with van der Waals surface area (Å²) in [5.41, 5.74) is 0.867. The molecule has 1 aromatic carbocycles. The highest BCUT2D eigenvalue weighted by Gasteiger charge is 2.08. The third-order valence-electron chi connectivity index (χ3n) is 1.96. The second kappa shape index (κ2) is 5.17. The van der Waals surface area contributed by atoms with E-state index in [2.05, 4.69) is 22.5 Å². The Morgan fingerprint density at radius 3 is 2.57 bits per heavy atom. The van der Waals surface area contributed by atoms with Crippen molar-refractivity contribution in [2.45, 2.75) is 12.5 Å². The molecular formula is C11H13BrO2. The lowest BCUT2D eigenvalue weighted by Crippen LogP contribution is -1.99. The van der Waals surface area contributed by atoms with E-state index in [0.717, 1.165) is 10.0 Å². The topological polar surface area (TPSA) is 29.5 Å². The van der Waals surface area contributed by atoms with Crippen molar-refractivity contribution >= 4 is 15.9 Å². The number of aliphatic hydroxyl groups excluding tert-OH is 1. The molecule has 0 heterocycles. The number of ether oxygens (including phenoxy) is 1.